The lowest BCUT2D eigenvalue weighted by molar-refractivity contribution is 0.0189. The van der Waals surface area contributed by atoms with Gasteiger partial charge in [-0.25, -0.2) is 4.98 Å². The summed E-state index contributed by atoms with van der Waals surface area (Å²) in [5.74, 6) is 0.863. The highest BCUT2D eigenvalue weighted by atomic mass is 32.1. The molecule has 1 aromatic rings. The van der Waals surface area contributed by atoms with Gasteiger partial charge in [-0.15, -0.1) is 0 Å². The minimum Gasteiger partial charge on any atom is -0.359 e. The van der Waals surface area contributed by atoms with Gasteiger partial charge >= 0.3 is 0 Å². The van der Waals surface area contributed by atoms with Crippen LogP contribution in [0.3, 0.4) is 0 Å². The summed E-state index contributed by atoms with van der Waals surface area (Å²) in [6, 6.07) is 0.645. The highest BCUT2D eigenvalue weighted by Crippen LogP contribution is 2.17. The first-order valence-corrected chi connectivity index (χ1v) is 6.59. The first-order valence-electron chi connectivity index (χ1n) is 5.82. The van der Waals surface area contributed by atoms with Gasteiger partial charge in [-0.3, -0.25) is 9.80 Å². The zero-order valence-electron chi connectivity index (χ0n) is 9.52. The molecule has 3 saturated heterocycles. The fourth-order valence-electron chi connectivity index (χ4n) is 2.49. The van der Waals surface area contributed by atoms with Crippen molar-refractivity contribution < 1.29 is 0 Å². The SMILES string of the molecule is Cc1nsc(NCC2CN3CCN2CC3)n1. The van der Waals surface area contributed by atoms with E-state index in [-0.39, 0.29) is 0 Å². The van der Waals surface area contributed by atoms with Gasteiger partial charge < -0.3 is 5.32 Å². The third-order valence-corrected chi connectivity index (χ3v) is 4.17. The summed E-state index contributed by atoms with van der Waals surface area (Å²) in [6.45, 7) is 9.06. The molecule has 0 radical (unpaired) electrons. The van der Waals surface area contributed by atoms with Crippen molar-refractivity contribution in [2.24, 2.45) is 0 Å². The molecule has 1 N–H and O–H groups in total. The van der Waals surface area contributed by atoms with E-state index in [0.717, 1.165) is 17.5 Å². The summed E-state index contributed by atoms with van der Waals surface area (Å²) in [5, 5.41) is 4.35. The van der Waals surface area contributed by atoms with Gasteiger partial charge in [-0.2, -0.15) is 4.37 Å². The number of hydrogen-bond donors (Lipinski definition) is 1. The fourth-order valence-corrected chi connectivity index (χ4v) is 3.07. The minimum atomic E-state index is 0.645. The molecule has 6 heteroatoms. The summed E-state index contributed by atoms with van der Waals surface area (Å²) in [7, 11) is 0. The average Bonchev–Trinajstić information content (AvgIpc) is 2.74. The molecule has 16 heavy (non-hydrogen) atoms. The molecule has 0 aromatic carbocycles. The number of aromatic nitrogens is 2. The summed E-state index contributed by atoms with van der Waals surface area (Å²) in [4.78, 5) is 9.46. The Morgan fingerprint density at radius 2 is 2.19 bits per heavy atom. The van der Waals surface area contributed by atoms with Crippen LogP contribution < -0.4 is 5.32 Å². The number of nitrogens with zero attached hydrogens (tertiary/aromatic N) is 4. The number of rotatable bonds is 3. The second-order valence-electron chi connectivity index (χ2n) is 4.52. The van der Waals surface area contributed by atoms with Crippen LogP contribution in [0.15, 0.2) is 0 Å². The Morgan fingerprint density at radius 1 is 1.38 bits per heavy atom. The number of aryl methyl sites for hydroxylation is 1. The van der Waals surface area contributed by atoms with Crippen LogP contribution in [-0.2, 0) is 0 Å². The molecule has 0 saturated carbocycles. The summed E-state index contributed by atoms with van der Waals surface area (Å²) < 4.78 is 4.17. The van der Waals surface area contributed by atoms with E-state index in [9.17, 15) is 0 Å². The molecule has 3 aliphatic heterocycles. The zero-order chi connectivity index (χ0) is 11.0. The van der Waals surface area contributed by atoms with E-state index in [0.29, 0.717) is 6.04 Å². The Balaban J connectivity index is 1.55. The molecular formula is C10H17N5S. The average molecular weight is 239 g/mol. The van der Waals surface area contributed by atoms with Crippen LogP contribution in [0.25, 0.3) is 0 Å². The Hall–Kier alpha value is -0.720. The number of hydrogen-bond acceptors (Lipinski definition) is 6. The van der Waals surface area contributed by atoms with Gasteiger partial charge in [0.25, 0.3) is 0 Å². The minimum absolute atomic E-state index is 0.645. The van der Waals surface area contributed by atoms with Gasteiger partial charge in [-0.05, 0) is 6.92 Å². The monoisotopic (exact) mass is 239 g/mol. The number of nitrogens with one attached hydrogen (secondary N) is 1. The molecule has 2 bridgehead atoms. The van der Waals surface area contributed by atoms with Crippen LogP contribution in [0.1, 0.15) is 5.82 Å². The number of fused-ring (bicyclic) bond motifs is 3. The maximum Gasteiger partial charge on any atom is 0.202 e. The van der Waals surface area contributed by atoms with Crippen LogP contribution in [0.5, 0.6) is 0 Å². The van der Waals surface area contributed by atoms with E-state index in [1.54, 1.807) is 0 Å². The van der Waals surface area contributed by atoms with Crippen molar-refractivity contribution >= 4 is 16.7 Å². The van der Waals surface area contributed by atoms with E-state index in [2.05, 4.69) is 24.5 Å². The Morgan fingerprint density at radius 3 is 2.75 bits per heavy atom. The van der Waals surface area contributed by atoms with Gasteiger partial charge in [0, 0.05) is 56.8 Å². The first-order chi connectivity index (χ1) is 7.81. The largest absolute Gasteiger partial charge is 0.359 e. The second kappa shape index (κ2) is 4.27. The van der Waals surface area contributed by atoms with E-state index in [1.165, 1.54) is 44.3 Å². The molecule has 0 spiro atoms. The maximum atomic E-state index is 4.32. The lowest BCUT2D eigenvalue weighted by atomic mass is 10.1. The predicted octanol–water partition coefficient (Wildman–Crippen LogP) is 0.258. The van der Waals surface area contributed by atoms with Crippen molar-refractivity contribution in [3.05, 3.63) is 5.82 Å². The van der Waals surface area contributed by atoms with Crippen molar-refractivity contribution in [1.29, 1.82) is 0 Å². The van der Waals surface area contributed by atoms with Crippen molar-refractivity contribution in [1.82, 2.24) is 19.2 Å². The molecule has 0 amide bonds. The third kappa shape index (κ3) is 2.05. The standard InChI is InChI=1S/C10H17N5S/c1-8-12-10(16-13-8)11-6-9-7-14-2-4-15(9)5-3-14/h9H,2-7H2,1H3,(H,11,12,13). The molecular weight excluding hydrogens is 222 g/mol. The van der Waals surface area contributed by atoms with Crippen LogP contribution in [-0.4, -0.2) is 64.5 Å². The third-order valence-electron chi connectivity index (χ3n) is 3.41. The normalized spacial score (nSPS) is 32.9. The van der Waals surface area contributed by atoms with Gasteiger partial charge in [0.2, 0.25) is 5.13 Å². The number of anilines is 1. The van der Waals surface area contributed by atoms with Gasteiger partial charge in [0.15, 0.2) is 0 Å². The quantitative estimate of drug-likeness (QED) is 0.819. The van der Waals surface area contributed by atoms with Crippen LogP contribution >= 0.6 is 11.5 Å². The smallest absolute Gasteiger partial charge is 0.202 e. The van der Waals surface area contributed by atoms with Crippen molar-refractivity contribution in [2.75, 3.05) is 44.6 Å². The molecule has 4 heterocycles. The van der Waals surface area contributed by atoms with Crippen molar-refractivity contribution in [3.8, 4) is 0 Å². The Bertz CT molecular complexity index is 358. The molecule has 4 rings (SSSR count). The van der Waals surface area contributed by atoms with E-state index in [4.69, 9.17) is 0 Å². The van der Waals surface area contributed by atoms with Gasteiger partial charge in [0.1, 0.15) is 5.82 Å². The summed E-state index contributed by atoms with van der Waals surface area (Å²) >= 11 is 1.45. The Labute approximate surface area is 99.6 Å². The van der Waals surface area contributed by atoms with E-state index in [1.807, 2.05) is 6.92 Å². The second-order valence-corrected chi connectivity index (χ2v) is 5.27. The van der Waals surface area contributed by atoms with Crippen LogP contribution in [0.2, 0.25) is 0 Å². The highest BCUT2D eigenvalue weighted by Gasteiger charge is 2.31. The summed E-state index contributed by atoms with van der Waals surface area (Å²) in [5.41, 5.74) is 0. The van der Waals surface area contributed by atoms with Gasteiger partial charge in [-0.1, -0.05) is 0 Å². The predicted molar refractivity (Wildman–Crippen MR) is 64.9 cm³/mol. The van der Waals surface area contributed by atoms with Crippen molar-refractivity contribution in [3.63, 3.8) is 0 Å². The Kier molecular flexibility index (Phi) is 2.79. The van der Waals surface area contributed by atoms with Crippen molar-refractivity contribution in [2.45, 2.75) is 13.0 Å². The van der Waals surface area contributed by atoms with E-state index < -0.39 is 0 Å². The molecule has 3 aliphatic rings. The molecule has 1 atom stereocenters. The van der Waals surface area contributed by atoms with Crippen LogP contribution in [0, 0.1) is 6.92 Å². The van der Waals surface area contributed by atoms with E-state index >= 15 is 0 Å². The summed E-state index contributed by atoms with van der Waals surface area (Å²) in [6.07, 6.45) is 0. The molecule has 1 unspecified atom stereocenters. The fraction of sp³-hybridized carbons (Fsp3) is 0.800. The number of piperazine rings is 3. The lowest BCUT2D eigenvalue weighted by Gasteiger charge is -2.47. The highest BCUT2D eigenvalue weighted by molar-refractivity contribution is 7.09. The molecule has 0 aliphatic carbocycles. The molecule has 88 valence electrons. The topological polar surface area (TPSA) is 44.3 Å². The van der Waals surface area contributed by atoms with Crippen LogP contribution in [0.4, 0.5) is 5.13 Å². The molecule has 1 aromatic heterocycles. The van der Waals surface area contributed by atoms with Gasteiger partial charge in [0.05, 0.1) is 0 Å². The molecule has 3 fully saturated rings. The zero-order valence-corrected chi connectivity index (χ0v) is 10.3. The first kappa shape index (κ1) is 10.4. The maximum absolute atomic E-state index is 4.32. The molecule has 5 nitrogen and oxygen atoms in total. The lowest BCUT2D eigenvalue weighted by Crippen LogP contribution is -2.62.